The van der Waals surface area contributed by atoms with E-state index in [9.17, 15) is 17.6 Å². The normalized spacial score (nSPS) is 14.5. The summed E-state index contributed by atoms with van der Waals surface area (Å²) in [5.41, 5.74) is 0.332. The molecule has 0 unspecified atom stereocenters. The third kappa shape index (κ3) is 4.05. The zero-order valence-electron chi connectivity index (χ0n) is 14.4. The summed E-state index contributed by atoms with van der Waals surface area (Å²) in [6, 6.07) is 4.94. The molecule has 0 saturated heterocycles. The lowest BCUT2D eigenvalue weighted by molar-refractivity contribution is 0.102. The van der Waals surface area contributed by atoms with E-state index in [4.69, 9.17) is 9.15 Å². The van der Waals surface area contributed by atoms with Gasteiger partial charge in [-0.2, -0.15) is 0 Å². The van der Waals surface area contributed by atoms with Crippen LogP contribution in [0.2, 0.25) is 0 Å². The van der Waals surface area contributed by atoms with Crippen molar-refractivity contribution in [3.63, 3.8) is 0 Å². The van der Waals surface area contributed by atoms with Crippen LogP contribution in [0, 0.1) is 11.7 Å². The number of amides is 1. The fraction of sp³-hybridized carbons (Fsp3) is 0.353. The summed E-state index contributed by atoms with van der Waals surface area (Å²) in [6.45, 7) is 0.462. The number of ether oxygens (including phenoxy) is 1. The molecular weight excluding hydrogens is 363 g/mol. The zero-order valence-corrected chi connectivity index (χ0v) is 15.2. The number of furan rings is 1. The molecule has 0 aliphatic heterocycles. The number of nitrogens with one attached hydrogen (secondary N) is 1. The van der Waals surface area contributed by atoms with E-state index in [1.165, 1.54) is 32.3 Å². The molecule has 0 bridgehead atoms. The van der Waals surface area contributed by atoms with Gasteiger partial charge in [0.25, 0.3) is 15.9 Å². The van der Waals surface area contributed by atoms with Crippen molar-refractivity contribution in [2.24, 2.45) is 5.92 Å². The summed E-state index contributed by atoms with van der Waals surface area (Å²) in [5, 5.41) is 2.26. The average molecular weight is 382 g/mol. The molecular formula is C17H19FN2O5S. The summed E-state index contributed by atoms with van der Waals surface area (Å²) in [6.07, 6.45) is 3.21. The van der Waals surface area contributed by atoms with E-state index in [1.807, 2.05) is 0 Å². The first-order valence-electron chi connectivity index (χ1n) is 8.02. The number of carbonyl (C=O) groups excluding carboxylic acids is 1. The summed E-state index contributed by atoms with van der Waals surface area (Å²) in [7, 11) is -1.05. The molecule has 1 aliphatic rings. The lowest BCUT2D eigenvalue weighted by Crippen LogP contribution is -2.21. The molecule has 1 heterocycles. The fourth-order valence-electron chi connectivity index (χ4n) is 2.16. The number of anilines is 1. The second-order valence-electron chi connectivity index (χ2n) is 6.29. The molecule has 7 nitrogen and oxygen atoms in total. The van der Waals surface area contributed by atoms with Crippen molar-refractivity contribution in [1.82, 2.24) is 4.31 Å². The van der Waals surface area contributed by atoms with Gasteiger partial charge in [0.2, 0.25) is 5.09 Å². The highest BCUT2D eigenvalue weighted by Crippen LogP contribution is 2.32. The van der Waals surface area contributed by atoms with Crippen LogP contribution in [0.4, 0.5) is 10.1 Å². The number of rotatable bonds is 7. The van der Waals surface area contributed by atoms with Crippen LogP contribution in [0.15, 0.2) is 40.0 Å². The number of carbonyl (C=O) groups is 1. The molecule has 26 heavy (non-hydrogen) atoms. The number of benzene rings is 1. The van der Waals surface area contributed by atoms with E-state index in [-0.39, 0.29) is 16.4 Å². The van der Waals surface area contributed by atoms with Gasteiger partial charge < -0.3 is 14.5 Å². The Bertz CT molecular complexity index is 919. The lowest BCUT2D eigenvalue weighted by atomic mass is 10.2. The Kier molecular flexibility index (Phi) is 5.01. The second-order valence-corrected chi connectivity index (χ2v) is 8.37. The van der Waals surface area contributed by atoms with Gasteiger partial charge in [-0.3, -0.25) is 4.79 Å². The van der Waals surface area contributed by atoms with Crippen LogP contribution < -0.4 is 10.1 Å². The quantitative estimate of drug-likeness (QED) is 0.795. The predicted molar refractivity (Wildman–Crippen MR) is 92.2 cm³/mol. The van der Waals surface area contributed by atoms with Gasteiger partial charge in [-0.25, -0.2) is 17.1 Å². The Morgan fingerprint density at radius 2 is 2.08 bits per heavy atom. The number of hydrogen-bond donors (Lipinski definition) is 1. The maximum atomic E-state index is 13.5. The number of halogens is 1. The van der Waals surface area contributed by atoms with Crippen molar-refractivity contribution in [2.45, 2.75) is 17.9 Å². The summed E-state index contributed by atoms with van der Waals surface area (Å²) >= 11 is 0. The standard InChI is InChI=1S/C17H19FN2O5S/c1-20(2)26(22,23)16-7-12(10-25-16)17(21)19-14-6-5-13(18)8-15(14)24-9-11-3-4-11/h5-8,10-11H,3-4,9H2,1-2H3,(H,19,21). The molecule has 3 rings (SSSR count). The molecule has 1 aliphatic carbocycles. The highest BCUT2D eigenvalue weighted by molar-refractivity contribution is 7.88. The van der Waals surface area contributed by atoms with Crippen LogP contribution in [0.1, 0.15) is 23.2 Å². The lowest BCUT2D eigenvalue weighted by Gasteiger charge is -2.12. The highest BCUT2D eigenvalue weighted by atomic mass is 32.2. The third-order valence-corrected chi connectivity index (χ3v) is 5.62. The first kappa shape index (κ1) is 18.4. The summed E-state index contributed by atoms with van der Waals surface area (Å²) < 4.78 is 49.1. The minimum Gasteiger partial charge on any atom is -0.491 e. The van der Waals surface area contributed by atoms with E-state index in [0.717, 1.165) is 29.5 Å². The van der Waals surface area contributed by atoms with Crippen LogP contribution in [0.3, 0.4) is 0 Å². The van der Waals surface area contributed by atoms with Crippen molar-refractivity contribution in [3.8, 4) is 5.75 Å². The van der Waals surface area contributed by atoms with Crippen molar-refractivity contribution in [2.75, 3.05) is 26.0 Å². The van der Waals surface area contributed by atoms with E-state index in [2.05, 4.69) is 5.32 Å². The van der Waals surface area contributed by atoms with Crippen LogP contribution in [0.25, 0.3) is 0 Å². The maximum absolute atomic E-state index is 13.5. The Balaban J connectivity index is 1.77. The second kappa shape index (κ2) is 7.08. The molecule has 1 fully saturated rings. The molecule has 1 amide bonds. The fourth-order valence-corrected chi connectivity index (χ4v) is 2.96. The molecule has 1 aromatic carbocycles. The molecule has 0 atom stereocenters. The van der Waals surface area contributed by atoms with Gasteiger partial charge in [0.05, 0.1) is 17.9 Å². The molecule has 140 valence electrons. The van der Waals surface area contributed by atoms with Crippen LogP contribution >= 0.6 is 0 Å². The van der Waals surface area contributed by atoms with Crippen LogP contribution in [-0.2, 0) is 10.0 Å². The van der Waals surface area contributed by atoms with Crippen molar-refractivity contribution < 1.29 is 26.8 Å². The number of hydrogen-bond acceptors (Lipinski definition) is 5. The summed E-state index contributed by atoms with van der Waals surface area (Å²) in [5.74, 6) is -0.363. The molecule has 1 N–H and O–H groups in total. The molecule has 0 radical (unpaired) electrons. The van der Waals surface area contributed by atoms with E-state index >= 15 is 0 Å². The Morgan fingerprint density at radius 3 is 2.73 bits per heavy atom. The van der Waals surface area contributed by atoms with E-state index < -0.39 is 21.7 Å². The van der Waals surface area contributed by atoms with Gasteiger partial charge in [0.1, 0.15) is 17.8 Å². The van der Waals surface area contributed by atoms with Crippen molar-refractivity contribution in [3.05, 3.63) is 41.9 Å². The third-order valence-electron chi connectivity index (χ3n) is 3.94. The molecule has 1 saturated carbocycles. The van der Waals surface area contributed by atoms with E-state index in [1.54, 1.807) is 0 Å². The zero-order chi connectivity index (χ0) is 18.9. The number of sulfonamides is 1. The van der Waals surface area contributed by atoms with Gasteiger partial charge in [-0.15, -0.1) is 0 Å². The molecule has 1 aromatic heterocycles. The first-order chi connectivity index (χ1) is 12.3. The van der Waals surface area contributed by atoms with Gasteiger partial charge in [0, 0.05) is 26.2 Å². The SMILES string of the molecule is CN(C)S(=O)(=O)c1cc(C(=O)Nc2ccc(F)cc2OCC2CC2)co1. The Labute approximate surface area is 150 Å². The van der Waals surface area contributed by atoms with Gasteiger partial charge in [-0.1, -0.05) is 0 Å². The van der Waals surface area contributed by atoms with Crippen LogP contribution in [-0.4, -0.2) is 39.3 Å². The monoisotopic (exact) mass is 382 g/mol. The first-order valence-corrected chi connectivity index (χ1v) is 9.46. The van der Waals surface area contributed by atoms with Gasteiger partial charge in [-0.05, 0) is 30.9 Å². The van der Waals surface area contributed by atoms with Crippen LogP contribution in [0.5, 0.6) is 5.75 Å². The van der Waals surface area contributed by atoms with Crippen molar-refractivity contribution >= 4 is 21.6 Å². The average Bonchev–Trinajstić information content (AvgIpc) is 3.27. The number of nitrogens with zero attached hydrogens (tertiary/aromatic N) is 1. The predicted octanol–water partition coefficient (Wildman–Crippen LogP) is 2.71. The largest absolute Gasteiger partial charge is 0.491 e. The smallest absolute Gasteiger partial charge is 0.275 e. The molecule has 9 heteroatoms. The molecule has 0 spiro atoms. The summed E-state index contributed by atoms with van der Waals surface area (Å²) in [4.78, 5) is 12.4. The minimum atomic E-state index is -3.78. The Morgan fingerprint density at radius 1 is 1.35 bits per heavy atom. The maximum Gasteiger partial charge on any atom is 0.275 e. The van der Waals surface area contributed by atoms with Gasteiger partial charge in [0.15, 0.2) is 0 Å². The van der Waals surface area contributed by atoms with E-state index in [0.29, 0.717) is 18.2 Å². The van der Waals surface area contributed by atoms with Gasteiger partial charge >= 0.3 is 0 Å². The topological polar surface area (TPSA) is 88.9 Å². The highest BCUT2D eigenvalue weighted by Gasteiger charge is 2.25. The van der Waals surface area contributed by atoms with Crippen molar-refractivity contribution in [1.29, 1.82) is 0 Å². The molecule has 2 aromatic rings. The minimum absolute atomic E-state index is 0.0305. The Hall–Kier alpha value is -2.39.